The van der Waals surface area contributed by atoms with Gasteiger partial charge in [0.1, 0.15) is 11.5 Å². The average molecular weight is 517 g/mol. The number of nitrogens with zero attached hydrogens (tertiary/aromatic N) is 3. The van der Waals surface area contributed by atoms with Gasteiger partial charge in [0.15, 0.2) is 0 Å². The van der Waals surface area contributed by atoms with E-state index in [2.05, 4.69) is 15.1 Å². The highest BCUT2D eigenvalue weighted by atomic mass is 16.6. The van der Waals surface area contributed by atoms with Crippen molar-refractivity contribution in [2.75, 3.05) is 50.2 Å². The summed E-state index contributed by atoms with van der Waals surface area (Å²) < 4.78 is 10.5. The minimum absolute atomic E-state index is 0.0257. The van der Waals surface area contributed by atoms with Crippen LogP contribution in [0.15, 0.2) is 66.7 Å². The lowest BCUT2D eigenvalue weighted by atomic mass is 9.83. The van der Waals surface area contributed by atoms with Gasteiger partial charge < -0.3 is 24.6 Å². The van der Waals surface area contributed by atoms with Crippen molar-refractivity contribution in [1.29, 1.82) is 0 Å². The Balaban J connectivity index is 1.35. The molecule has 0 saturated carbocycles. The minimum Gasteiger partial charge on any atom is -0.497 e. The van der Waals surface area contributed by atoms with Crippen LogP contribution in [0.5, 0.6) is 11.5 Å². The number of anilines is 2. The molecule has 1 saturated heterocycles. The van der Waals surface area contributed by atoms with E-state index in [0.717, 1.165) is 47.1 Å². The van der Waals surface area contributed by atoms with Crippen molar-refractivity contribution in [2.24, 2.45) is 5.92 Å². The molecule has 0 aromatic heterocycles. The van der Waals surface area contributed by atoms with Crippen molar-refractivity contribution in [2.45, 2.75) is 18.9 Å². The first-order chi connectivity index (χ1) is 18.5. The molecular weight excluding hydrogens is 484 g/mol. The number of nitro benzene ring substituents is 1. The Morgan fingerprint density at radius 2 is 1.68 bits per heavy atom. The summed E-state index contributed by atoms with van der Waals surface area (Å²) in [7, 11) is 3.28. The standard InChI is InChI=1S/C29H32N4O5/c1-37-24-8-3-20(4-9-24)13-14-30-29(34)26-18-21-17-23(33(35)36)7-12-27(21)32-16-15-31(19-28(26)32)22-5-10-25(38-2)11-6-22/h3-12,17,26,28H,13-16,18-19H2,1-2H3,(H,30,34). The van der Waals surface area contributed by atoms with Crippen LogP contribution in [-0.2, 0) is 17.6 Å². The molecule has 0 radical (unpaired) electrons. The molecule has 2 aliphatic heterocycles. The largest absolute Gasteiger partial charge is 0.497 e. The fraction of sp³-hybridized carbons (Fsp3) is 0.345. The topological polar surface area (TPSA) is 97.2 Å². The van der Waals surface area contributed by atoms with Crippen molar-refractivity contribution in [3.63, 3.8) is 0 Å². The van der Waals surface area contributed by atoms with Gasteiger partial charge in [0, 0.05) is 49.7 Å². The number of nitro groups is 1. The molecule has 1 amide bonds. The van der Waals surface area contributed by atoms with Crippen LogP contribution in [-0.4, -0.2) is 57.3 Å². The number of fused-ring (bicyclic) bond motifs is 3. The molecule has 0 aliphatic carbocycles. The summed E-state index contributed by atoms with van der Waals surface area (Å²) in [6.45, 7) is 2.69. The number of carbonyl (C=O) groups is 1. The van der Waals surface area contributed by atoms with E-state index >= 15 is 0 Å². The fourth-order valence-corrected chi connectivity index (χ4v) is 5.50. The Kier molecular flexibility index (Phi) is 7.35. The first kappa shape index (κ1) is 25.4. The Hall–Kier alpha value is -4.27. The molecule has 2 atom stereocenters. The maximum absolute atomic E-state index is 13.6. The minimum atomic E-state index is -0.377. The number of rotatable bonds is 8. The number of hydrogen-bond acceptors (Lipinski definition) is 7. The van der Waals surface area contributed by atoms with Crippen LogP contribution in [0, 0.1) is 16.0 Å². The zero-order valence-electron chi connectivity index (χ0n) is 21.6. The summed E-state index contributed by atoms with van der Waals surface area (Å²) >= 11 is 0. The van der Waals surface area contributed by atoms with E-state index in [4.69, 9.17) is 9.47 Å². The molecular formula is C29H32N4O5. The highest BCUT2D eigenvalue weighted by molar-refractivity contribution is 5.82. The van der Waals surface area contributed by atoms with Gasteiger partial charge in [-0.15, -0.1) is 0 Å². The number of methoxy groups -OCH3 is 2. The number of piperazine rings is 1. The Morgan fingerprint density at radius 3 is 2.34 bits per heavy atom. The van der Waals surface area contributed by atoms with Crippen molar-refractivity contribution < 1.29 is 19.2 Å². The second kappa shape index (κ2) is 11.0. The smallest absolute Gasteiger partial charge is 0.269 e. The maximum atomic E-state index is 13.6. The summed E-state index contributed by atoms with van der Waals surface area (Å²) in [6.07, 6.45) is 1.17. The quantitative estimate of drug-likeness (QED) is 0.359. The first-order valence-electron chi connectivity index (χ1n) is 12.8. The molecule has 198 valence electrons. The van der Waals surface area contributed by atoms with Crippen molar-refractivity contribution >= 4 is 23.0 Å². The molecule has 2 aliphatic rings. The molecule has 9 nitrogen and oxygen atoms in total. The third-order valence-electron chi connectivity index (χ3n) is 7.55. The van der Waals surface area contributed by atoms with E-state index in [1.807, 2.05) is 54.6 Å². The van der Waals surface area contributed by atoms with Crippen LogP contribution in [0.1, 0.15) is 11.1 Å². The molecule has 38 heavy (non-hydrogen) atoms. The number of hydrogen-bond donors (Lipinski definition) is 1. The predicted octanol–water partition coefficient (Wildman–Crippen LogP) is 3.84. The zero-order chi connectivity index (χ0) is 26.6. The van der Waals surface area contributed by atoms with Crippen molar-refractivity contribution in [3.05, 3.63) is 88.0 Å². The molecule has 1 N–H and O–H groups in total. The third-order valence-corrected chi connectivity index (χ3v) is 7.55. The summed E-state index contributed by atoms with van der Waals surface area (Å²) in [4.78, 5) is 29.2. The van der Waals surface area contributed by atoms with E-state index in [0.29, 0.717) is 25.9 Å². The third kappa shape index (κ3) is 5.22. The van der Waals surface area contributed by atoms with E-state index in [1.54, 1.807) is 26.4 Å². The number of benzene rings is 3. The zero-order valence-corrected chi connectivity index (χ0v) is 21.6. The molecule has 5 rings (SSSR count). The van der Waals surface area contributed by atoms with Gasteiger partial charge in [-0.3, -0.25) is 14.9 Å². The van der Waals surface area contributed by atoms with Gasteiger partial charge in [-0.2, -0.15) is 0 Å². The SMILES string of the molecule is COc1ccc(CCNC(=O)C2Cc3cc([N+](=O)[O-])ccc3N3CCN(c4ccc(OC)cc4)CC23)cc1. The number of ether oxygens (including phenoxy) is 2. The van der Waals surface area contributed by atoms with Gasteiger partial charge in [-0.1, -0.05) is 12.1 Å². The molecule has 0 bridgehead atoms. The van der Waals surface area contributed by atoms with Gasteiger partial charge in [-0.05, 0) is 66.4 Å². The molecule has 3 aromatic carbocycles. The first-order valence-corrected chi connectivity index (χ1v) is 12.8. The van der Waals surface area contributed by atoms with Gasteiger partial charge >= 0.3 is 0 Å². The highest BCUT2D eigenvalue weighted by Gasteiger charge is 2.42. The number of non-ortho nitro benzene ring substituents is 1. The summed E-state index contributed by atoms with van der Waals surface area (Å²) in [5.41, 5.74) is 4.08. The Labute approximate surface area is 222 Å². The molecule has 3 aromatic rings. The average Bonchev–Trinajstić information content (AvgIpc) is 2.96. The van der Waals surface area contributed by atoms with Crippen LogP contribution in [0.25, 0.3) is 0 Å². The summed E-state index contributed by atoms with van der Waals surface area (Å²) in [6, 6.07) is 20.7. The van der Waals surface area contributed by atoms with E-state index in [9.17, 15) is 14.9 Å². The van der Waals surface area contributed by atoms with Gasteiger partial charge in [0.05, 0.1) is 31.1 Å². The van der Waals surface area contributed by atoms with Crippen LogP contribution < -0.4 is 24.6 Å². The number of amides is 1. The molecule has 2 unspecified atom stereocenters. The lowest BCUT2D eigenvalue weighted by Gasteiger charge is -2.49. The van der Waals surface area contributed by atoms with Crippen LogP contribution in [0.3, 0.4) is 0 Å². The second-order valence-corrected chi connectivity index (χ2v) is 9.67. The van der Waals surface area contributed by atoms with E-state index < -0.39 is 0 Å². The van der Waals surface area contributed by atoms with Gasteiger partial charge in [0.25, 0.3) is 5.69 Å². The van der Waals surface area contributed by atoms with Crippen LogP contribution >= 0.6 is 0 Å². The van der Waals surface area contributed by atoms with Crippen LogP contribution in [0.4, 0.5) is 17.1 Å². The number of nitrogens with one attached hydrogen (secondary N) is 1. The molecule has 0 spiro atoms. The molecule has 1 fully saturated rings. The Bertz CT molecular complexity index is 1300. The molecule has 2 heterocycles. The second-order valence-electron chi connectivity index (χ2n) is 9.67. The number of carbonyl (C=O) groups excluding carboxylic acids is 1. The van der Waals surface area contributed by atoms with Gasteiger partial charge in [-0.25, -0.2) is 0 Å². The molecule has 9 heteroatoms. The normalized spacial score (nSPS) is 18.3. The Morgan fingerprint density at radius 1 is 1.00 bits per heavy atom. The predicted molar refractivity (Wildman–Crippen MR) is 146 cm³/mol. The fourth-order valence-electron chi connectivity index (χ4n) is 5.50. The highest BCUT2D eigenvalue weighted by Crippen LogP contribution is 2.38. The van der Waals surface area contributed by atoms with Crippen molar-refractivity contribution in [1.82, 2.24) is 5.32 Å². The van der Waals surface area contributed by atoms with Crippen LogP contribution in [0.2, 0.25) is 0 Å². The van der Waals surface area contributed by atoms with E-state index in [-0.39, 0.29) is 28.5 Å². The van der Waals surface area contributed by atoms with Gasteiger partial charge in [0.2, 0.25) is 5.91 Å². The monoisotopic (exact) mass is 516 g/mol. The lowest BCUT2D eigenvalue weighted by Crippen LogP contribution is -2.61. The summed E-state index contributed by atoms with van der Waals surface area (Å²) in [5.74, 6) is 1.24. The van der Waals surface area contributed by atoms with E-state index in [1.165, 1.54) is 0 Å². The summed E-state index contributed by atoms with van der Waals surface area (Å²) in [5, 5.41) is 14.6. The lowest BCUT2D eigenvalue weighted by molar-refractivity contribution is -0.384. The maximum Gasteiger partial charge on any atom is 0.269 e. The van der Waals surface area contributed by atoms with Crippen molar-refractivity contribution in [3.8, 4) is 11.5 Å².